The van der Waals surface area contributed by atoms with E-state index in [1.54, 1.807) is 0 Å². The van der Waals surface area contributed by atoms with Crippen LogP contribution in [0.3, 0.4) is 0 Å². The molecule has 6 heteroatoms. The van der Waals surface area contributed by atoms with Gasteiger partial charge in [0.05, 0.1) is 32.0 Å². The van der Waals surface area contributed by atoms with Crippen LogP contribution in [0.25, 0.3) is 0 Å². The van der Waals surface area contributed by atoms with E-state index in [1.165, 1.54) is 0 Å². The Hall–Kier alpha value is -1.40. The summed E-state index contributed by atoms with van der Waals surface area (Å²) in [4.78, 5) is 14.0. The first-order chi connectivity index (χ1) is 9.54. The Morgan fingerprint density at radius 3 is 3.10 bits per heavy atom. The van der Waals surface area contributed by atoms with Crippen LogP contribution in [0.2, 0.25) is 0 Å². The summed E-state index contributed by atoms with van der Waals surface area (Å²) in [5, 5.41) is 7.51. The molecule has 6 nitrogen and oxygen atoms in total. The highest BCUT2D eigenvalue weighted by Crippen LogP contribution is 2.04. The zero-order chi connectivity index (χ0) is 14.5. The highest BCUT2D eigenvalue weighted by molar-refractivity contribution is 5.78. The van der Waals surface area contributed by atoms with E-state index < -0.39 is 0 Å². The minimum atomic E-state index is 0.136. The van der Waals surface area contributed by atoms with Crippen LogP contribution in [0.5, 0.6) is 0 Å². The SMILES string of the molecule is Cc1cnn(C[C@H](C)NCC(=O)N2CCO[C@H](C)C2)c1. The van der Waals surface area contributed by atoms with Crippen LogP contribution in [-0.4, -0.2) is 59.0 Å². The third-order valence-electron chi connectivity index (χ3n) is 3.42. The van der Waals surface area contributed by atoms with Gasteiger partial charge in [0.25, 0.3) is 0 Å². The minimum Gasteiger partial charge on any atom is -0.375 e. The molecule has 1 amide bonds. The van der Waals surface area contributed by atoms with Crippen molar-refractivity contribution in [3.8, 4) is 0 Å². The average molecular weight is 280 g/mol. The van der Waals surface area contributed by atoms with Crippen molar-refractivity contribution in [2.24, 2.45) is 0 Å². The lowest BCUT2D eigenvalue weighted by molar-refractivity contribution is -0.137. The second kappa shape index (κ2) is 6.85. The summed E-state index contributed by atoms with van der Waals surface area (Å²) in [6.07, 6.45) is 3.98. The normalized spacial score (nSPS) is 20.9. The highest BCUT2D eigenvalue weighted by Gasteiger charge is 2.21. The summed E-state index contributed by atoms with van der Waals surface area (Å²) in [5.41, 5.74) is 1.15. The van der Waals surface area contributed by atoms with Gasteiger partial charge in [-0.2, -0.15) is 5.10 Å². The lowest BCUT2D eigenvalue weighted by Gasteiger charge is -2.31. The van der Waals surface area contributed by atoms with Gasteiger partial charge in [-0.25, -0.2) is 0 Å². The van der Waals surface area contributed by atoms with Crippen molar-refractivity contribution in [3.05, 3.63) is 18.0 Å². The van der Waals surface area contributed by atoms with E-state index in [2.05, 4.69) is 17.3 Å². The second-order valence-electron chi connectivity index (χ2n) is 5.54. The third-order valence-corrected chi connectivity index (χ3v) is 3.42. The first-order valence-electron chi connectivity index (χ1n) is 7.16. The Kier molecular flexibility index (Phi) is 5.14. The van der Waals surface area contributed by atoms with Gasteiger partial charge in [0.2, 0.25) is 5.91 Å². The van der Waals surface area contributed by atoms with Gasteiger partial charge < -0.3 is 15.0 Å². The molecule has 1 fully saturated rings. The predicted octanol–water partition coefficient (Wildman–Crippen LogP) is 0.417. The topological polar surface area (TPSA) is 59.4 Å². The molecule has 1 aromatic rings. The van der Waals surface area contributed by atoms with Crippen molar-refractivity contribution in [2.45, 2.75) is 39.5 Å². The van der Waals surface area contributed by atoms with Crippen LogP contribution >= 0.6 is 0 Å². The van der Waals surface area contributed by atoms with Crippen molar-refractivity contribution in [2.75, 3.05) is 26.2 Å². The highest BCUT2D eigenvalue weighted by atomic mass is 16.5. The first-order valence-corrected chi connectivity index (χ1v) is 7.16. The van der Waals surface area contributed by atoms with Gasteiger partial charge in [-0.3, -0.25) is 9.48 Å². The Bertz CT molecular complexity index is 446. The molecule has 1 aliphatic rings. The monoisotopic (exact) mass is 280 g/mol. The number of carbonyl (C=O) groups excluding carboxylic acids is 1. The summed E-state index contributed by atoms with van der Waals surface area (Å²) >= 11 is 0. The molecular formula is C14H24N4O2. The maximum absolute atomic E-state index is 12.1. The Morgan fingerprint density at radius 2 is 2.45 bits per heavy atom. The quantitative estimate of drug-likeness (QED) is 0.849. The number of ether oxygens (including phenoxy) is 1. The maximum Gasteiger partial charge on any atom is 0.236 e. The van der Waals surface area contributed by atoms with Crippen LogP contribution < -0.4 is 5.32 Å². The molecule has 0 radical (unpaired) electrons. The fraction of sp³-hybridized carbons (Fsp3) is 0.714. The number of aryl methyl sites for hydroxylation is 1. The van der Waals surface area contributed by atoms with E-state index in [1.807, 2.05) is 35.8 Å². The number of amides is 1. The molecule has 0 bridgehead atoms. The average Bonchev–Trinajstić information content (AvgIpc) is 2.81. The van der Waals surface area contributed by atoms with E-state index in [0.717, 1.165) is 12.1 Å². The van der Waals surface area contributed by atoms with Crippen LogP contribution in [0.1, 0.15) is 19.4 Å². The summed E-state index contributed by atoms with van der Waals surface area (Å²) in [5.74, 6) is 0.142. The number of aromatic nitrogens is 2. The Labute approximate surface area is 120 Å². The van der Waals surface area contributed by atoms with Crippen molar-refractivity contribution in [3.63, 3.8) is 0 Å². The molecule has 0 aromatic carbocycles. The van der Waals surface area contributed by atoms with Gasteiger partial charge in [-0.1, -0.05) is 0 Å². The van der Waals surface area contributed by atoms with Crippen molar-refractivity contribution in [1.82, 2.24) is 20.0 Å². The molecule has 20 heavy (non-hydrogen) atoms. The van der Waals surface area contributed by atoms with Crippen LogP contribution in [-0.2, 0) is 16.1 Å². The van der Waals surface area contributed by atoms with Crippen LogP contribution in [0.4, 0.5) is 0 Å². The largest absolute Gasteiger partial charge is 0.375 e. The first kappa shape index (κ1) is 15.0. The van der Waals surface area contributed by atoms with E-state index in [0.29, 0.717) is 26.2 Å². The summed E-state index contributed by atoms with van der Waals surface area (Å²) in [7, 11) is 0. The van der Waals surface area contributed by atoms with Crippen molar-refractivity contribution >= 4 is 5.91 Å². The van der Waals surface area contributed by atoms with Gasteiger partial charge in [0.1, 0.15) is 0 Å². The van der Waals surface area contributed by atoms with Crippen molar-refractivity contribution in [1.29, 1.82) is 0 Å². The zero-order valence-electron chi connectivity index (χ0n) is 12.5. The number of hydrogen-bond donors (Lipinski definition) is 1. The molecule has 1 aromatic heterocycles. The number of nitrogens with zero attached hydrogens (tertiary/aromatic N) is 3. The number of morpholine rings is 1. The van der Waals surface area contributed by atoms with Gasteiger partial charge in [-0.15, -0.1) is 0 Å². The number of rotatable bonds is 5. The van der Waals surface area contributed by atoms with Crippen molar-refractivity contribution < 1.29 is 9.53 Å². The molecular weight excluding hydrogens is 256 g/mol. The standard InChI is InChI=1S/C14H24N4O2/c1-11-6-16-18(8-11)9-12(2)15-7-14(19)17-4-5-20-13(3)10-17/h6,8,12-13,15H,4-5,7,9-10H2,1-3H3/t12-,13+/m0/s1. The van der Waals surface area contributed by atoms with E-state index in [-0.39, 0.29) is 18.1 Å². The molecule has 1 saturated heterocycles. The summed E-state index contributed by atoms with van der Waals surface area (Å²) in [6, 6.07) is 0.205. The molecule has 0 aliphatic carbocycles. The molecule has 2 heterocycles. The predicted molar refractivity (Wildman–Crippen MR) is 76.4 cm³/mol. The molecule has 0 spiro atoms. The molecule has 1 aliphatic heterocycles. The van der Waals surface area contributed by atoms with Gasteiger partial charge >= 0.3 is 0 Å². The smallest absolute Gasteiger partial charge is 0.236 e. The Balaban J connectivity index is 1.72. The lowest BCUT2D eigenvalue weighted by Crippen LogP contribution is -2.48. The van der Waals surface area contributed by atoms with E-state index in [9.17, 15) is 4.79 Å². The summed E-state index contributed by atoms with van der Waals surface area (Å²) in [6.45, 7) is 9.22. The number of nitrogens with one attached hydrogen (secondary N) is 1. The molecule has 0 saturated carbocycles. The molecule has 1 N–H and O–H groups in total. The Morgan fingerprint density at radius 1 is 1.65 bits per heavy atom. The van der Waals surface area contributed by atoms with Crippen LogP contribution in [0, 0.1) is 6.92 Å². The second-order valence-corrected chi connectivity index (χ2v) is 5.54. The lowest BCUT2D eigenvalue weighted by atomic mass is 10.3. The van der Waals surface area contributed by atoms with E-state index >= 15 is 0 Å². The fourth-order valence-corrected chi connectivity index (χ4v) is 2.33. The van der Waals surface area contributed by atoms with Crippen LogP contribution in [0.15, 0.2) is 12.4 Å². The molecule has 112 valence electrons. The van der Waals surface area contributed by atoms with Gasteiger partial charge in [0.15, 0.2) is 0 Å². The maximum atomic E-state index is 12.1. The number of carbonyl (C=O) groups is 1. The molecule has 2 rings (SSSR count). The van der Waals surface area contributed by atoms with Gasteiger partial charge in [-0.05, 0) is 26.3 Å². The zero-order valence-corrected chi connectivity index (χ0v) is 12.5. The summed E-state index contributed by atoms with van der Waals surface area (Å²) < 4.78 is 7.34. The molecule has 2 atom stereocenters. The van der Waals surface area contributed by atoms with E-state index in [4.69, 9.17) is 4.74 Å². The molecule has 0 unspecified atom stereocenters. The minimum absolute atomic E-state index is 0.136. The number of hydrogen-bond acceptors (Lipinski definition) is 4. The third kappa shape index (κ3) is 4.31. The fourth-order valence-electron chi connectivity index (χ4n) is 2.33. The van der Waals surface area contributed by atoms with Gasteiger partial charge in [0, 0.05) is 25.3 Å².